The molecule has 6 aromatic rings. The second-order valence-corrected chi connectivity index (χ2v) is 18.5. The van der Waals surface area contributed by atoms with Crippen LogP contribution in [0.3, 0.4) is 0 Å². The second kappa shape index (κ2) is 17.4. The van der Waals surface area contributed by atoms with Crippen molar-refractivity contribution in [3.05, 3.63) is 89.6 Å². The number of fused-ring (bicyclic) bond motifs is 1. The third-order valence-corrected chi connectivity index (χ3v) is 12.4. The lowest BCUT2D eigenvalue weighted by atomic mass is 10.0. The van der Waals surface area contributed by atoms with Gasteiger partial charge in [-0.3, -0.25) is 19.5 Å². The first-order chi connectivity index (χ1) is 27.1. The summed E-state index contributed by atoms with van der Waals surface area (Å²) >= 11 is 3.61. The van der Waals surface area contributed by atoms with Gasteiger partial charge in [-0.2, -0.15) is 10.1 Å². The van der Waals surface area contributed by atoms with Gasteiger partial charge in [0.2, 0.25) is 5.95 Å². The number of hydrogen-bond acceptors (Lipinski definition) is 13. The molecule has 0 amide bonds. The first kappa shape index (κ1) is 40.4. The molecule has 2 saturated heterocycles. The van der Waals surface area contributed by atoms with E-state index in [4.69, 9.17) is 9.72 Å². The number of rotatable bonds is 11. The third-order valence-electron chi connectivity index (χ3n) is 10.3. The highest BCUT2D eigenvalue weighted by Crippen LogP contribution is 2.43. The highest BCUT2D eigenvalue weighted by Gasteiger charge is 2.25. The fourth-order valence-corrected chi connectivity index (χ4v) is 9.14. The van der Waals surface area contributed by atoms with Crippen LogP contribution in [0.2, 0.25) is 0 Å². The van der Waals surface area contributed by atoms with Gasteiger partial charge in [0, 0.05) is 119 Å². The quantitative estimate of drug-likeness (QED) is 0.123. The van der Waals surface area contributed by atoms with Gasteiger partial charge in [0.15, 0.2) is 0 Å². The topological polar surface area (TPSA) is 141 Å². The molecule has 2 aliphatic rings. The molecule has 14 nitrogen and oxygen atoms in total. The predicted octanol–water partition coefficient (Wildman–Crippen LogP) is 6.48. The van der Waals surface area contributed by atoms with Gasteiger partial charge in [-0.05, 0) is 65.2 Å². The normalized spacial score (nSPS) is 15.0. The van der Waals surface area contributed by atoms with Gasteiger partial charge in [0.25, 0.3) is 0 Å². The van der Waals surface area contributed by atoms with Crippen LogP contribution in [0.4, 0.5) is 34.5 Å². The van der Waals surface area contributed by atoms with Crippen LogP contribution in [-0.4, -0.2) is 107 Å². The molecule has 8 rings (SSSR count). The Balaban J connectivity index is 0.00000496. The van der Waals surface area contributed by atoms with E-state index in [9.17, 15) is 4.57 Å². The molecule has 298 valence electrons. The van der Waals surface area contributed by atoms with E-state index in [-0.39, 0.29) is 12.4 Å². The molecule has 0 spiro atoms. The van der Waals surface area contributed by atoms with Crippen LogP contribution in [0.5, 0.6) is 5.75 Å². The number of aromatic nitrogens is 6. The molecule has 0 unspecified atom stereocenters. The van der Waals surface area contributed by atoms with Gasteiger partial charge < -0.3 is 35.1 Å². The number of nitrogens with zero attached hydrogens (tertiary/aromatic N) is 9. The molecule has 3 N–H and O–H groups in total. The Morgan fingerprint density at radius 3 is 2.33 bits per heavy atom. The first-order valence-electron chi connectivity index (χ1n) is 18.7. The molecule has 3 aromatic heterocycles. The van der Waals surface area contributed by atoms with Crippen LogP contribution in [0.1, 0.15) is 5.56 Å². The zero-order chi connectivity index (χ0) is 38.8. The molecule has 2 aliphatic heterocycles. The Bertz CT molecular complexity index is 2400. The molecule has 0 aliphatic carbocycles. The first-order valence-corrected chi connectivity index (χ1v) is 22.1. The van der Waals surface area contributed by atoms with E-state index in [0.29, 0.717) is 49.7 Å². The lowest BCUT2D eigenvalue weighted by Crippen LogP contribution is -2.46. The standard InChI is InChI=1S/C40H46BrN12O2P.ClH/c1-50-26-28(23-46-50)30-21-34(48-40-45-24-31(41)39(49-40)47-33-10-9-32-37(44-12-11-43-32)38(33)56(3,4)54)36(55-2)22-35(30)53-19-17-51(18-20-53)25-27-5-7-29(8-6-27)52-15-13-42-14-16-52;/h5-12,21-24,26,42H,13-20,25H2,1-4H3,(H2,45,47,48,49);1H. The van der Waals surface area contributed by atoms with Crippen LogP contribution in [-0.2, 0) is 18.2 Å². The lowest BCUT2D eigenvalue weighted by Gasteiger charge is -2.37. The van der Waals surface area contributed by atoms with E-state index < -0.39 is 7.14 Å². The highest BCUT2D eigenvalue weighted by atomic mass is 79.9. The second-order valence-electron chi connectivity index (χ2n) is 14.5. The van der Waals surface area contributed by atoms with Crippen molar-refractivity contribution >= 4 is 86.3 Å². The zero-order valence-corrected chi connectivity index (χ0v) is 35.7. The van der Waals surface area contributed by atoms with Crippen molar-refractivity contribution in [2.24, 2.45) is 7.05 Å². The summed E-state index contributed by atoms with van der Waals surface area (Å²) in [6.07, 6.45) is 8.84. The molecule has 3 aromatic carbocycles. The van der Waals surface area contributed by atoms with Crippen molar-refractivity contribution in [2.45, 2.75) is 6.54 Å². The summed E-state index contributed by atoms with van der Waals surface area (Å²) < 4.78 is 22.0. The summed E-state index contributed by atoms with van der Waals surface area (Å²) in [5, 5.41) is 15.3. The van der Waals surface area contributed by atoms with Crippen LogP contribution in [0.15, 0.2) is 84.0 Å². The number of aryl methyl sites for hydroxylation is 1. The summed E-state index contributed by atoms with van der Waals surface area (Å²) in [5.74, 6) is 1.51. The third kappa shape index (κ3) is 9.03. The minimum atomic E-state index is -2.78. The Kier molecular flexibility index (Phi) is 12.3. The van der Waals surface area contributed by atoms with Crippen LogP contribution < -0.4 is 35.8 Å². The summed E-state index contributed by atoms with van der Waals surface area (Å²) in [4.78, 5) is 25.8. The Morgan fingerprint density at radius 2 is 1.63 bits per heavy atom. The number of halogens is 2. The zero-order valence-electron chi connectivity index (χ0n) is 32.4. The van der Waals surface area contributed by atoms with E-state index >= 15 is 0 Å². The number of ether oxygens (including phenoxy) is 1. The molecule has 57 heavy (non-hydrogen) atoms. The van der Waals surface area contributed by atoms with Crippen molar-refractivity contribution in [2.75, 3.05) is 93.2 Å². The highest BCUT2D eigenvalue weighted by molar-refractivity contribution is 9.10. The number of nitrogens with one attached hydrogen (secondary N) is 3. The minimum Gasteiger partial charge on any atom is -0.494 e. The van der Waals surface area contributed by atoms with Gasteiger partial charge in [0.05, 0.1) is 40.0 Å². The van der Waals surface area contributed by atoms with Crippen molar-refractivity contribution in [1.82, 2.24) is 39.9 Å². The van der Waals surface area contributed by atoms with Crippen molar-refractivity contribution in [1.29, 1.82) is 0 Å². The maximum absolute atomic E-state index is 13.6. The Labute approximate surface area is 347 Å². The van der Waals surface area contributed by atoms with E-state index in [2.05, 4.69) is 103 Å². The molecule has 0 atom stereocenters. The van der Waals surface area contributed by atoms with E-state index in [1.807, 2.05) is 36.3 Å². The average Bonchev–Trinajstić information content (AvgIpc) is 3.65. The monoisotopic (exact) mass is 872 g/mol. The largest absolute Gasteiger partial charge is 0.494 e. The van der Waals surface area contributed by atoms with Crippen LogP contribution >= 0.6 is 35.5 Å². The van der Waals surface area contributed by atoms with Crippen molar-refractivity contribution in [3.8, 4) is 16.9 Å². The van der Waals surface area contributed by atoms with E-state index in [1.165, 1.54) is 11.3 Å². The maximum atomic E-state index is 13.6. The van der Waals surface area contributed by atoms with E-state index in [1.54, 1.807) is 39.0 Å². The smallest absolute Gasteiger partial charge is 0.229 e. The van der Waals surface area contributed by atoms with Crippen molar-refractivity contribution < 1.29 is 9.30 Å². The molecular formula is C40H47BrClN12O2P. The molecule has 0 saturated carbocycles. The summed E-state index contributed by atoms with van der Waals surface area (Å²) in [7, 11) is 0.820. The van der Waals surface area contributed by atoms with Gasteiger partial charge in [0.1, 0.15) is 24.2 Å². The fraction of sp³-hybridized carbons (Fsp3) is 0.325. The predicted molar refractivity (Wildman–Crippen MR) is 236 cm³/mol. The lowest BCUT2D eigenvalue weighted by molar-refractivity contribution is 0.250. The van der Waals surface area contributed by atoms with Crippen LogP contribution in [0, 0.1) is 0 Å². The van der Waals surface area contributed by atoms with Gasteiger partial charge in [-0.25, -0.2) is 4.98 Å². The van der Waals surface area contributed by atoms with Gasteiger partial charge in [-0.1, -0.05) is 12.1 Å². The number of hydrogen-bond donors (Lipinski definition) is 3. The molecule has 2 fully saturated rings. The van der Waals surface area contributed by atoms with Gasteiger partial charge >= 0.3 is 0 Å². The average molecular weight is 874 g/mol. The number of methoxy groups -OCH3 is 1. The number of anilines is 6. The van der Waals surface area contributed by atoms with Gasteiger partial charge in [-0.15, -0.1) is 12.4 Å². The van der Waals surface area contributed by atoms with Crippen molar-refractivity contribution in [3.63, 3.8) is 0 Å². The minimum absolute atomic E-state index is 0. The molecule has 0 radical (unpaired) electrons. The SMILES string of the molecule is COc1cc(N2CCN(Cc3ccc(N4CCNCC4)cc3)CC2)c(-c2cnn(C)c2)cc1Nc1ncc(Br)c(Nc2ccc3nccnc3c2P(C)(C)=O)n1.Cl. The summed E-state index contributed by atoms with van der Waals surface area (Å²) in [6.45, 7) is 12.2. The fourth-order valence-electron chi connectivity index (χ4n) is 7.46. The number of piperazine rings is 2. The van der Waals surface area contributed by atoms with Crippen LogP contribution in [0.25, 0.3) is 22.2 Å². The molecule has 5 heterocycles. The Hall–Kier alpha value is -4.79. The molecule has 17 heteroatoms. The Morgan fingerprint density at radius 1 is 0.877 bits per heavy atom. The molecular weight excluding hydrogens is 827 g/mol. The molecule has 0 bridgehead atoms. The maximum Gasteiger partial charge on any atom is 0.229 e. The summed E-state index contributed by atoms with van der Waals surface area (Å²) in [6, 6.07) is 17.0. The van der Waals surface area contributed by atoms with E-state index in [0.717, 1.165) is 75.7 Å². The summed E-state index contributed by atoms with van der Waals surface area (Å²) in [5.41, 5.74) is 8.36. The number of benzene rings is 3.